The standard InChI is InChI=1S/C13H7BrN2O3/c14-10-2-4-11(5-3-10)19-13-7-9(8-15)1-6-12(13)16(17)18/h1-7H. The first-order valence-corrected chi connectivity index (χ1v) is 6.01. The number of rotatable bonds is 3. The second-order valence-corrected chi connectivity index (χ2v) is 4.52. The monoisotopic (exact) mass is 318 g/mol. The Bertz CT molecular complexity index is 663. The van der Waals surface area contributed by atoms with Gasteiger partial charge in [0.25, 0.3) is 0 Å². The molecule has 6 heteroatoms. The average Bonchev–Trinajstić information content (AvgIpc) is 2.41. The minimum Gasteiger partial charge on any atom is -0.450 e. The van der Waals surface area contributed by atoms with Crippen molar-refractivity contribution < 1.29 is 9.66 Å². The molecule has 0 unspecified atom stereocenters. The second kappa shape index (κ2) is 5.50. The number of hydrogen-bond donors (Lipinski definition) is 0. The van der Waals surface area contributed by atoms with Crippen LogP contribution in [0.5, 0.6) is 11.5 Å². The summed E-state index contributed by atoms with van der Waals surface area (Å²) in [4.78, 5) is 10.4. The summed E-state index contributed by atoms with van der Waals surface area (Å²) in [6.07, 6.45) is 0. The molecule has 0 spiro atoms. The molecule has 0 aliphatic carbocycles. The van der Waals surface area contributed by atoms with Crippen molar-refractivity contribution in [2.75, 3.05) is 0 Å². The summed E-state index contributed by atoms with van der Waals surface area (Å²) in [5.74, 6) is 0.507. The Hall–Kier alpha value is -2.39. The van der Waals surface area contributed by atoms with Crippen LogP contribution in [0.2, 0.25) is 0 Å². The summed E-state index contributed by atoms with van der Waals surface area (Å²) in [6, 6.07) is 12.8. The molecule has 94 valence electrons. The minimum atomic E-state index is -0.546. The average molecular weight is 319 g/mol. The maximum absolute atomic E-state index is 10.9. The molecule has 2 aromatic rings. The Kier molecular flexibility index (Phi) is 3.78. The van der Waals surface area contributed by atoms with Gasteiger partial charge in [-0.1, -0.05) is 15.9 Å². The van der Waals surface area contributed by atoms with E-state index in [1.165, 1.54) is 18.2 Å². The first-order valence-electron chi connectivity index (χ1n) is 5.22. The lowest BCUT2D eigenvalue weighted by molar-refractivity contribution is -0.385. The molecule has 0 aromatic heterocycles. The van der Waals surface area contributed by atoms with Crippen LogP contribution in [-0.4, -0.2) is 4.92 Å². The lowest BCUT2D eigenvalue weighted by atomic mass is 10.2. The third kappa shape index (κ3) is 3.09. The zero-order valence-corrected chi connectivity index (χ0v) is 11.1. The van der Waals surface area contributed by atoms with Gasteiger partial charge >= 0.3 is 5.69 Å². The van der Waals surface area contributed by atoms with Gasteiger partial charge in [-0.2, -0.15) is 5.26 Å². The first kappa shape index (κ1) is 13.1. The fraction of sp³-hybridized carbons (Fsp3) is 0. The van der Waals surface area contributed by atoms with E-state index in [1.807, 2.05) is 6.07 Å². The van der Waals surface area contributed by atoms with E-state index in [1.54, 1.807) is 24.3 Å². The quantitative estimate of drug-likeness (QED) is 0.632. The molecule has 0 saturated heterocycles. The number of benzene rings is 2. The minimum absolute atomic E-state index is 0.0476. The number of halogens is 1. The van der Waals surface area contributed by atoms with Crippen molar-refractivity contribution >= 4 is 21.6 Å². The van der Waals surface area contributed by atoms with E-state index in [9.17, 15) is 10.1 Å². The topological polar surface area (TPSA) is 76.2 Å². The summed E-state index contributed by atoms with van der Waals surface area (Å²) in [6.45, 7) is 0. The predicted molar refractivity (Wildman–Crippen MR) is 72.0 cm³/mol. The molecule has 0 fully saturated rings. The van der Waals surface area contributed by atoms with E-state index in [0.29, 0.717) is 11.3 Å². The molecule has 5 nitrogen and oxygen atoms in total. The predicted octanol–water partition coefficient (Wildman–Crippen LogP) is 4.02. The van der Waals surface area contributed by atoms with Crippen LogP contribution in [0, 0.1) is 21.4 Å². The SMILES string of the molecule is N#Cc1ccc([N+](=O)[O-])c(Oc2ccc(Br)cc2)c1. The molecule has 19 heavy (non-hydrogen) atoms. The van der Waals surface area contributed by atoms with Gasteiger partial charge in [0.2, 0.25) is 5.75 Å². The Morgan fingerprint density at radius 3 is 2.47 bits per heavy atom. The van der Waals surface area contributed by atoms with Crippen LogP contribution in [-0.2, 0) is 0 Å². The number of ether oxygens (including phenoxy) is 1. The van der Waals surface area contributed by atoms with Gasteiger partial charge in [-0.05, 0) is 30.3 Å². The highest BCUT2D eigenvalue weighted by molar-refractivity contribution is 9.10. The Balaban J connectivity index is 2.40. The van der Waals surface area contributed by atoms with E-state index in [4.69, 9.17) is 10.00 Å². The molecular weight excluding hydrogens is 312 g/mol. The molecule has 0 saturated carbocycles. The Morgan fingerprint density at radius 2 is 1.89 bits per heavy atom. The van der Waals surface area contributed by atoms with E-state index in [-0.39, 0.29) is 11.4 Å². The van der Waals surface area contributed by atoms with Crippen molar-refractivity contribution in [1.82, 2.24) is 0 Å². The molecule has 0 bridgehead atoms. The largest absolute Gasteiger partial charge is 0.450 e. The number of nitrogens with zero attached hydrogens (tertiary/aromatic N) is 2. The van der Waals surface area contributed by atoms with Crippen molar-refractivity contribution in [2.24, 2.45) is 0 Å². The van der Waals surface area contributed by atoms with E-state index >= 15 is 0 Å². The van der Waals surface area contributed by atoms with Gasteiger partial charge in [-0.25, -0.2) is 0 Å². The maximum atomic E-state index is 10.9. The molecule has 0 aliphatic rings. The summed E-state index contributed by atoms with van der Waals surface area (Å²) in [5, 5.41) is 19.7. The van der Waals surface area contributed by atoms with Crippen LogP contribution >= 0.6 is 15.9 Å². The van der Waals surface area contributed by atoms with Crippen LogP contribution in [0.1, 0.15) is 5.56 Å². The number of nitro benzene ring substituents is 1. The normalized spacial score (nSPS) is 9.68. The molecule has 2 aromatic carbocycles. The van der Waals surface area contributed by atoms with E-state index in [0.717, 1.165) is 4.47 Å². The summed E-state index contributed by atoms with van der Waals surface area (Å²) in [7, 11) is 0. The summed E-state index contributed by atoms with van der Waals surface area (Å²) in [5.41, 5.74) is 0.125. The molecule has 0 atom stereocenters. The Labute approximate surface area is 117 Å². The van der Waals surface area contributed by atoms with Crippen LogP contribution in [0.4, 0.5) is 5.69 Å². The fourth-order valence-electron chi connectivity index (χ4n) is 1.45. The zero-order chi connectivity index (χ0) is 13.8. The highest BCUT2D eigenvalue weighted by Crippen LogP contribution is 2.32. The van der Waals surface area contributed by atoms with Gasteiger partial charge in [0.15, 0.2) is 0 Å². The van der Waals surface area contributed by atoms with Crippen molar-refractivity contribution in [3.8, 4) is 17.6 Å². The second-order valence-electron chi connectivity index (χ2n) is 3.61. The number of hydrogen-bond acceptors (Lipinski definition) is 4. The lowest BCUT2D eigenvalue weighted by Gasteiger charge is -2.06. The van der Waals surface area contributed by atoms with Crippen molar-refractivity contribution in [2.45, 2.75) is 0 Å². The molecular formula is C13H7BrN2O3. The highest BCUT2D eigenvalue weighted by atomic mass is 79.9. The third-order valence-electron chi connectivity index (χ3n) is 2.33. The van der Waals surface area contributed by atoms with Crippen LogP contribution in [0.15, 0.2) is 46.9 Å². The smallest absolute Gasteiger partial charge is 0.311 e. The van der Waals surface area contributed by atoms with Crippen molar-refractivity contribution in [3.63, 3.8) is 0 Å². The van der Waals surface area contributed by atoms with Crippen LogP contribution < -0.4 is 4.74 Å². The lowest BCUT2D eigenvalue weighted by Crippen LogP contribution is -1.94. The van der Waals surface area contributed by atoms with Gasteiger partial charge in [0.1, 0.15) is 5.75 Å². The van der Waals surface area contributed by atoms with Gasteiger partial charge in [0, 0.05) is 16.6 Å². The third-order valence-corrected chi connectivity index (χ3v) is 2.86. The van der Waals surface area contributed by atoms with E-state index in [2.05, 4.69) is 15.9 Å². The molecule has 0 heterocycles. The maximum Gasteiger partial charge on any atom is 0.311 e. The van der Waals surface area contributed by atoms with Crippen LogP contribution in [0.3, 0.4) is 0 Å². The molecule has 2 rings (SSSR count). The van der Waals surface area contributed by atoms with E-state index < -0.39 is 4.92 Å². The summed E-state index contributed by atoms with van der Waals surface area (Å²) < 4.78 is 6.33. The summed E-state index contributed by atoms with van der Waals surface area (Å²) >= 11 is 3.28. The zero-order valence-electron chi connectivity index (χ0n) is 9.54. The van der Waals surface area contributed by atoms with Gasteiger partial charge in [0.05, 0.1) is 16.6 Å². The molecule has 0 N–H and O–H groups in total. The molecule has 0 aliphatic heterocycles. The molecule has 0 amide bonds. The van der Waals surface area contributed by atoms with Gasteiger partial charge in [-0.3, -0.25) is 10.1 Å². The Morgan fingerprint density at radius 1 is 1.21 bits per heavy atom. The number of nitriles is 1. The van der Waals surface area contributed by atoms with Crippen LogP contribution in [0.25, 0.3) is 0 Å². The number of nitro groups is 1. The van der Waals surface area contributed by atoms with Gasteiger partial charge < -0.3 is 4.74 Å². The fourth-order valence-corrected chi connectivity index (χ4v) is 1.71. The molecule has 0 radical (unpaired) electrons. The van der Waals surface area contributed by atoms with Crippen molar-refractivity contribution in [1.29, 1.82) is 5.26 Å². The van der Waals surface area contributed by atoms with Gasteiger partial charge in [-0.15, -0.1) is 0 Å². The highest BCUT2D eigenvalue weighted by Gasteiger charge is 2.16. The first-order chi connectivity index (χ1) is 9.10. The van der Waals surface area contributed by atoms with Crippen molar-refractivity contribution in [3.05, 3.63) is 62.6 Å².